The normalized spacial score (nSPS) is 12.2. The molecule has 9 heteroatoms. The molecule has 0 aliphatic carbocycles. The first-order valence-corrected chi connectivity index (χ1v) is 11.1. The number of nitrogens with one attached hydrogen (secondary N) is 1. The molecule has 0 bridgehead atoms. The third kappa shape index (κ3) is 4.98. The van der Waals surface area contributed by atoms with Crippen LogP contribution in [-0.4, -0.2) is 43.3 Å². The van der Waals surface area contributed by atoms with Gasteiger partial charge >= 0.3 is 0 Å². The number of carbonyl (C=O) groups excluding carboxylic acids is 1. The number of benzene rings is 2. The molecule has 0 aliphatic rings. The van der Waals surface area contributed by atoms with Gasteiger partial charge < -0.3 is 14.6 Å². The number of carbonyl (C=O) groups is 1. The van der Waals surface area contributed by atoms with Crippen LogP contribution in [0.2, 0.25) is 0 Å². The number of ether oxygens (including phenoxy) is 1. The minimum absolute atomic E-state index is 0.285. The number of imidazole rings is 1. The summed E-state index contributed by atoms with van der Waals surface area (Å²) in [5.74, 6) is 0.207. The Kier molecular flexibility index (Phi) is 6.41. The van der Waals surface area contributed by atoms with Crippen LogP contribution in [-0.2, 0) is 21.4 Å². The van der Waals surface area contributed by atoms with Crippen molar-refractivity contribution in [3.05, 3.63) is 72.8 Å². The highest BCUT2D eigenvalue weighted by Crippen LogP contribution is 2.24. The first-order chi connectivity index (χ1) is 14.3. The zero-order valence-corrected chi connectivity index (χ0v) is 17.8. The summed E-state index contributed by atoms with van der Waals surface area (Å²) in [5.41, 5.74) is 2.25. The van der Waals surface area contributed by atoms with Crippen molar-refractivity contribution < 1.29 is 17.9 Å². The third-order valence-corrected chi connectivity index (χ3v) is 5.86. The topological polar surface area (TPSA) is 93.5 Å². The minimum atomic E-state index is -3.67. The van der Waals surface area contributed by atoms with Crippen LogP contribution < -0.4 is 14.4 Å². The molecule has 0 fully saturated rings. The van der Waals surface area contributed by atoms with E-state index >= 15 is 0 Å². The van der Waals surface area contributed by atoms with Crippen molar-refractivity contribution in [2.45, 2.75) is 19.5 Å². The maximum absolute atomic E-state index is 12.7. The highest BCUT2D eigenvalue weighted by atomic mass is 32.2. The number of sulfonamides is 1. The average molecular weight is 429 g/mol. The SMILES string of the molecule is COc1ccc(N([C@H](C)C(=O)NCc2ccc(-n3ccnc3)cc2)S(C)(=O)=O)cc1. The number of aromatic nitrogens is 2. The van der Waals surface area contributed by atoms with E-state index < -0.39 is 22.0 Å². The smallest absolute Gasteiger partial charge is 0.243 e. The summed E-state index contributed by atoms with van der Waals surface area (Å²) in [4.78, 5) is 16.7. The van der Waals surface area contributed by atoms with Gasteiger partial charge in [-0.3, -0.25) is 9.10 Å². The van der Waals surface area contributed by atoms with Gasteiger partial charge in [0.1, 0.15) is 11.8 Å². The van der Waals surface area contributed by atoms with E-state index in [0.717, 1.165) is 21.8 Å². The van der Waals surface area contributed by atoms with Crippen LogP contribution in [0.5, 0.6) is 5.75 Å². The molecule has 1 heterocycles. The maximum atomic E-state index is 12.7. The zero-order chi connectivity index (χ0) is 21.7. The van der Waals surface area contributed by atoms with Crippen molar-refractivity contribution in [2.24, 2.45) is 0 Å². The molecule has 3 rings (SSSR count). The van der Waals surface area contributed by atoms with Gasteiger partial charge in [-0.1, -0.05) is 12.1 Å². The summed E-state index contributed by atoms with van der Waals surface area (Å²) in [6, 6.07) is 13.3. The highest BCUT2D eigenvalue weighted by Gasteiger charge is 2.29. The van der Waals surface area contributed by atoms with Gasteiger partial charge in [0.2, 0.25) is 15.9 Å². The van der Waals surface area contributed by atoms with Crippen LogP contribution in [0.1, 0.15) is 12.5 Å². The maximum Gasteiger partial charge on any atom is 0.243 e. The standard InChI is InChI=1S/C21H24N4O4S/c1-16(25(30(3,27)28)19-8-10-20(29-2)11-9-19)21(26)23-14-17-4-6-18(7-5-17)24-13-12-22-15-24/h4-13,15-16H,14H2,1-3H3,(H,23,26)/t16-/m1/s1. The van der Waals surface area contributed by atoms with Gasteiger partial charge in [0.15, 0.2) is 0 Å². The second-order valence-electron chi connectivity index (χ2n) is 6.79. The van der Waals surface area contributed by atoms with Crippen LogP contribution in [0, 0.1) is 0 Å². The number of hydrogen-bond donors (Lipinski definition) is 1. The van der Waals surface area contributed by atoms with Crippen LogP contribution in [0.15, 0.2) is 67.3 Å². The first kappa shape index (κ1) is 21.4. The lowest BCUT2D eigenvalue weighted by Crippen LogP contribution is -2.47. The highest BCUT2D eigenvalue weighted by molar-refractivity contribution is 7.92. The molecule has 0 unspecified atom stereocenters. The predicted molar refractivity (Wildman–Crippen MR) is 115 cm³/mol. The monoisotopic (exact) mass is 428 g/mol. The molecule has 8 nitrogen and oxygen atoms in total. The van der Waals surface area contributed by atoms with Crippen molar-refractivity contribution in [3.63, 3.8) is 0 Å². The van der Waals surface area contributed by atoms with E-state index in [4.69, 9.17) is 4.74 Å². The third-order valence-electron chi connectivity index (χ3n) is 4.62. The van der Waals surface area contributed by atoms with E-state index in [1.165, 1.54) is 7.11 Å². The fourth-order valence-corrected chi connectivity index (χ4v) is 4.25. The summed E-state index contributed by atoms with van der Waals surface area (Å²) in [5, 5.41) is 2.81. The molecule has 0 aliphatic heterocycles. The molecule has 0 spiro atoms. The predicted octanol–water partition coefficient (Wildman–Crippen LogP) is 2.35. The van der Waals surface area contributed by atoms with Crippen molar-refractivity contribution in [1.29, 1.82) is 0 Å². The lowest BCUT2D eigenvalue weighted by Gasteiger charge is -2.28. The summed E-state index contributed by atoms with van der Waals surface area (Å²) in [6.45, 7) is 1.84. The van der Waals surface area contributed by atoms with Gasteiger partial charge in [-0.15, -0.1) is 0 Å². The number of nitrogens with zero attached hydrogens (tertiary/aromatic N) is 3. The Balaban J connectivity index is 1.69. The lowest BCUT2D eigenvalue weighted by atomic mass is 10.2. The molecule has 1 amide bonds. The second kappa shape index (κ2) is 9.00. The molecule has 1 N–H and O–H groups in total. The van der Waals surface area contributed by atoms with Gasteiger partial charge in [-0.25, -0.2) is 13.4 Å². The van der Waals surface area contributed by atoms with Gasteiger partial charge in [0, 0.05) is 24.6 Å². The molecule has 0 radical (unpaired) electrons. The van der Waals surface area contributed by atoms with Gasteiger partial charge in [-0.05, 0) is 48.9 Å². The van der Waals surface area contributed by atoms with Crippen LogP contribution in [0.3, 0.4) is 0 Å². The molecule has 0 saturated carbocycles. The fourth-order valence-electron chi connectivity index (χ4n) is 3.07. The molecule has 3 aromatic rings. The van der Waals surface area contributed by atoms with Gasteiger partial charge in [0.05, 0.1) is 25.4 Å². The number of rotatable bonds is 8. The quantitative estimate of drug-likeness (QED) is 0.594. The van der Waals surface area contributed by atoms with E-state index in [2.05, 4.69) is 10.3 Å². The second-order valence-corrected chi connectivity index (χ2v) is 8.65. The molecular weight excluding hydrogens is 404 g/mol. The van der Waals surface area contributed by atoms with Gasteiger partial charge in [0.25, 0.3) is 0 Å². The molecule has 158 valence electrons. The first-order valence-electron chi connectivity index (χ1n) is 9.28. The van der Waals surface area contributed by atoms with Crippen molar-refractivity contribution >= 4 is 21.6 Å². The Labute approximate surface area is 176 Å². The van der Waals surface area contributed by atoms with Gasteiger partial charge in [-0.2, -0.15) is 0 Å². The Morgan fingerprint density at radius 2 is 1.83 bits per heavy atom. The van der Waals surface area contributed by atoms with Crippen LogP contribution in [0.4, 0.5) is 5.69 Å². The Morgan fingerprint density at radius 1 is 1.17 bits per heavy atom. The molecule has 0 saturated heterocycles. The summed E-state index contributed by atoms with van der Waals surface area (Å²) >= 11 is 0. The van der Waals surface area contributed by atoms with E-state index in [0.29, 0.717) is 11.4 Å². The van der Waals surface area contributed by atoms with E-state index in [-0.39, 0.29) is 6.54 Å². The van der Waals surface area contributed by atoms with Crippen molar-refractivity contribution in [3.8, 4) is 11.4 Å². The van der Waals surface area contributed by atoms with Crippen molar-refractivity contribution in [1.82, 2.24) is 14.9 Å². The number of methoxy groups -OCH3 is 1. The minimum Gasteiger partial charge on any atom is -0.497 e. The number of anilines is 1. The fraction of sp³-hybridized carbons (Fsp3) is 0.238. The molecule has 30 heavy (non-hydrogen) atoms. The lowest BCUT2D eigenvalue weighted by molar-refractivity contribution is -0.122. The Bertz CT molecular complexity index is 1080. The Morgan fingerprint density at radius 3 is 2.37 bits per heavy atom. The number of hydrogen-bond acceptors (Lipinski definition) is 5. The molecule has 1 atom stereocenters. The van der Waals surface area contributed by atoms with Crippen molar-refractivity contribution in [2.75, 3.05) is 17.7 Å². The summed E-state index contributed by atoms with van der Waals surface area (Å²) < 4.78 is 32.8. The average Bonchev–Trinajstić information content (AvgIpc) is 3.27. The van der Waals surface area contributed by atoms with E-state index in [1.807, 2.05) is 35.0 Å². The van der Waals surface area contributed by atoms with E-state index in [9.17, 15) is 13.2 Å². The summed E-state index contributed by atoms with van der Waals surface area (Å²) in [7, 11) is -2.14. The molecule has 1 aromatic heterocycles. The summed E-state index contributed by atoms with van der Waals surface area (Å²) in [6.07, 6.45) is 6.33. The van der Waals surface area contributed by atoms with Crippen LogP contribution >= 0.6 is 0 Å². The van der Waals surface area contributed by atoms with Crippen LogP contribution in [0.25, 0.3) is 5.69 Å². The largest absolute Gasteiger partial charge is 0.497 e. The van der Waals surface area contributed by atoms with E-state index in [1.54, 1.807) is 43.7 Å². The molecular formula is C21H24N4O4S. The molecule has 2 aromatic carbocycles. The number of amides is 1. The zero-order valence-electron chi connectivity index (χ0n) is 17.0. The Hall–Kier alpha value is -3.33.